The van der Waals surface area contributed by atoms with E-state index < -0.39 is 21.7 Å². The Hall–Kier alpha value is -2.97. The summed E-state index contributed by atoms with van der Waals surface area (Å²) in [5, 5.41) is 0. The first-order valence-electron chi connectivity index (χ1n) is 9.74. The molecule has 2 aliphatic heterocycles. The molecule has 1 amide bonds. The Morgan fingerprint density at radius 1 is 1.13 bits per heavy atom. The molecule has 8 heteroatoms. The standard InChI is InChI=1S/C22H22N2O5S/c1-2-12-23-20-11-10-18(14-19(20)21(25)22(23)26)30(27,28)24-13-6-7-16(24)15-29-17-8-4-3-5-9-17/h2-5,8-11,14,16H,1,6-7,12-13,15H2. The molecule has 1 fully saturated rings. The quantitative estimate of drug-likeness (QED) is 0.502. The van der Waals surface area contributed by atoms with Gasteiger partial charge in [-0.15, -0.1) is 6.58 Å². The number of anilines is 1. The Morgan fingerprint density at radius 3 is 2.63 bits per heavy atom. The largest absolute Gasteiger partial charge is 0.492 e. The van der Waals surface area contributed by atoms with Crippen LogP contribution in [0.25, 0.3) is 0 Å². The molecule has 2 aliphatic rings. The summed E-state index contributed by atoms with van der Waals surface area (Å²) in [5.74, 6) is -0.685. The van der Waals surface area contributed by atoms with Crippen LogP contribution >= 0.6 is 0 Å². The molecule has 0 N–H and O–H groups in total. The topological polar surface area (TPSA) is 84.0 Å². The van der Waals surface area contributed by atoms with E-state index in [0.717, 1.165) is 6.42 Å². The first-order valence-corrected chi connectivity index (χ1v) is 11.2. The Morgan fingerprint density at radius 2 is 1.90 bits per heavy atom. The highest BCUT2D eigenvalue weighted by Crippen LogP contribution is 2.33. The number of hydrogen-bond acceptors (Lipinski definition) is 5. The third kappa shape index (κ3) is 3.53. The molecule has 30 heavy (non-hydrogen) atoms. The monoisotopic (exact) mass is 426 g/mol. The summed E-state index contributed by atoms with van der Waals surface area (Å²) in [6.07, 6.45) is 2.95. The third-order valence-corrected chi connectivity index (χ3v) is 7.32. The lowest BCUT2D eigenvalue weighted by Crippen LogP contribution is -2.39. The van der Waals surface area contributed by atoms with Gasteiger partial charge in [0.15, 0.2) is 0 Å². The smallest absolute Gasteiger partial charge is 0.299 e. The first-order chi connectivity index (χ1) is 14.4. The number of fused-ring (bicyclic) bond motifs is 1. The van der Waals surface area contributed by atoms with Crippen LogP contribution in [-0.2, 0) is 14.8 Å². The minimum Gasteiger partial charge on any atom is -0.492 e. The van der Waals surface area contributed by atoms with Gasteiger partial charge in [0.05, 0.1) is 22.2 Å². The number of nitrogens with zero attached hydrogens (tertiary/aromatic N) is 2. The third-order valence-electron chi connectivity index (χ3n) is 5.37. The van der Waals surface area contributed by atoms with Crippen molar-refractivity contribution < 1.29 is 22.7 Å². The van der Waals surface area contributed by atoms with Crippen molar-refractivity contribution in [1.29, 1.82) is 0 Å². The van der Waals surface area contributed by atoms with Crippen molar-refractivity contribution >= 4 is 27.4 Å². The van der Waals surface area contributed by atoms with E-state index >= 15 is 0 Å². The van der Waals surface area contributed by atoms with Crippen LogP contribution in [0.15, 0.2) is 66.1 Å². The van der Waals surface area contributed by atoms with E-state index in [1.54, 1.807) is 0 Å². The number of para-hydroxylation sites is 1. The second-order valence-electron chi connectivity index (χ2n) is 7.25. The van der Waals surface area contributed by atoms with Crippen LogP contribution < -0.4 is 9.64 Å². The van der Waals surface area contributed by atoms with Crippen LogP contribution in [0.3, 0.4) is 0 Å². The molecule has 2 aromatic carbocycles. The minimum absolute atomic E-state index is 0.00876. The van der Waals surface area contributed by atoms with Crippen LogP contribution in [0, 0.1) is 0 Å². The fourth-order valence-electron chi connectivity index (χ4n) is 3.89. The summed E-state index contributed by atoms with van der Waals surface area (Å²) in [5.41, 5.74) is 0.522. The van der Waals surface area contributed by atoms with Crippen molar-refractivity contribution in [3.05, 3.63) is 66.7 Å². The molecule has 1 unspecified atom stereocenters. The Bertz CT molecular complexity index is 1100. The predicted octanol–water partition coefficient (Wildman–Crippen LogP) is 2.63. The van der Waals surface area contributed by atoms with E-state index in [9.17, 15) is 18.0 Å². The van der Waals surface area contributed by atoms with Crippen molar-refractivity contribution in [2.45, 2.75) is 23.8 Å². The second kappa shape index (κ2) is 8.04. The number of ketones is 1. The SMILES string of the molecule is C=CCN1C(=O)C(=O)c2cc(S(=O)(=O)N3CCCC3COc3ccccc3)ccc21. The fraction of sp³-hybridized carbons (Fsp3) is 0.273. The van der Waals surface area contributed by atoms with E-state index in [1.165, 1.54) is 33.5 Å². The van der Waals surface area contributed by atoms with Crippen LogP contribution in [0.2, 0.25) is 0 Å². The van der Waals surface area contributed by atoms with Crippen LogP contribution in [0.5, 0.6) is 5.75 Å². The van der Waals surface area contributed by atoms with E-state index in [1.807, 2.05) is 30.3 Å². The molecular weight excluding hydrogens is 404 g/mol. The van der Waals surface area contributed by atoms with Gasteiger partial charge in [0.2, 0.25) is 10.0 Å². The molecule has 1 atom stereocenters. The molecule has 2 aromatic rings. The zero-order chi connectivity index (χ0) is 21.3. The lowest BCUT2D eigenvalue weighted by Gasteiger charge is -2.24. The number of rotatable bonds is 7. The molecule has 0 aliphatic carbocycles. The molecule has 156 valence electrons. The highest BCUT2D eigenvalue weighted by Gasteiger charge is 2.39. The van der Waals surface area contributed by atoms with Crippen molar-refractivity contribution in [1.82, 2.24) is 4.31 Å². The van der Waals surface area contributed by atoms with E-state index in [2.05, 4.69) is 6.58 Å². The zero-order valence-electron chi connectivity index (χ0n) is 16.4. The number of ether oxygens (including phenoxy) is 1. The van der Waals surface area contributed by atoms with Gasteiger partial charge >= 0.3 is 0 Å². The molecule has 0 aromatic heterocycles. The van der Waals surface area contributed by atoms with Gasteiger partial charge < -0.3 is 9.64 Å². The number of carbonyl (C=O) groups is 2. The maximum atomic E-state index is 13.3. The molecule has 0 saturated carbocycles. The molecule has 7 nitrogen and oxygen atoms in total. The van der Waals surface area contributed by atoms with Crippen molar-refractivity contribution in [2.75, 3.05) is 24.6 Å². The fourth-order valence-corrected chi connectivity index (χ4v) is 5.59. The summed E-state index contributed by atoms with van der Waals surface area (Å²) >= 11 is 0. The number of carbonyl (C=O) groups excluding carboxylic acids is 2. The molecule has 4 rings (SSSR count). The average molecular weight is 426 g/mol. The molecular formula is C22H22N2O5S. The Balaban J connectivity index is 1.58. The van der Waals surface area contributed by atoms with Gasteiger partial charge in [-0.3, -0.25) is 9.59 Å². The molecule has 0 bridgehead atoms. The minimum atomic E-state index is -3.83. The number of benzene rings is 2. The number of Topliss-reactive ketones (excluding diaryl/α,β-unsaturated/α-hetero) is 1. The van der Waals surface area contributed by atoms with Crippen molar-refractivity contribution in [2.24, 2.45) is 0 Å². The van der Waals surface area contributed by atoms with Gasteiger partial charge in [-0.25, -0.2) is 8.42 Å². The summed E-state index contributed by atoms with van der Waals surface area (Å²) in [6, 6.07) is 13.2. The van der Waals surface area contributed by atoms with Gasteiger partial charge in [0.25, 0.3) is 11.7 Å². The number of hydrogen-bond donors (Lipinski definition) is 0. The summed E-state index contributed by atoms with van der Waals surface area (Å²) < 4.78 is 33.8. The van der Waals surface area contributed by atoms with Crippen LogP contribution in [-0.4, -0.2) is 50.2 Å². The Kier molecular flexibility index (Phi) is 5.44. The number of sulfonamides is 1. The highest BCUT2D eigenvalue weighted by atomic mass is 32.2. The summed E-state index contributed by atoms with van der Waals surface area (Å²) in [7, 11) is -3.83. The highest BCUT2D eigenvalue weighted by molar-refractivity contribution is 7.89. The zero-order valence-corrected chi connectivity index (χ0v) is 17.2. The maximum absolute atomic E-state index is 13.3. The molecule has 1 saturated heterocycles. The van der Waals surface area contributed by atoms with Gasteiger partial charge in [0, 0.05) is 13.1 Å². The van der Waals surface area contributed by atoms with Gasteiger partial charge in [-0.1, -0.05) is 24.3 Å². The van der Waals surface area contributed by atoms with Gasteiger partial charge in [0.1, 0.15) is 12.4 Å². The van der Waals surface area contributed by atoms with Gasteiger partial charge in [-0.2, -0.15) is 4.31 Å². The van der Waals surface area contributed by atoms with E-state index in [0.29, 0.717) is 24.4 Å². The molecule has 0 spiro atoms. The number of amides is 1. The van der Waals surface area contributed by atoms with Crippen LogP contribution in [0.4, 0.5) is 5.69 Å². The Labute approximate surface area is 175 Å². The molecule has 0 radical (unpaired) electrons. The van der Waals surface area contributed by atoms with Crippen molar-refractivity contribution in [3.63, 3.8) is 0 Å². The van der Waals surface area contributed by atoms with E-state index in [-0.39, 0.29) is 29.7 Å². The predicted molar refractivity (Wildman–Crippen MR) is 112 cm³/mol. The molecule has 2 heterocycles. The normalized spacial score (nSPS) is 19.2. The lowest BCUT2D eigenvalue weighted by atomic mass is 10.1. The summed E-state index contributed by atoms with van der Waals surface area (Å²) in [6.45, 7) is 4.42. The second-order valence-corrected chi connectivity index (χ2v) is 9.14. The lowest BCUT2D eigenvalue weighted by molar-refractivity contribution is -0.114. The van der Waals surface area contributed by atoms with Gasteiger partial charge in [-0.05, 0) is 43.2 Å². The van der Waals surface area contributed by atoms with Crippen LogP contribution in [0.1, 0.15) is 23.2 Å². The average Bonchev–Trinajstić information content (AvgIpc) is 3.33. The maximum Gasteiger partial charge on any atom is 0.299 e. The summed E-state index contributed by atoms with van der Waals surface area (Å²) in [4.78, 5) is 25.9. The van der Waals surface area contributed by atoms with E-state index in [4.69, 9.17) is 4.74 Å². The first kappa shape index (κ1) is 20.3. The van der Waals surface area contributed by atoms with Crippen molar-refractivity contribution in [3.8, 4) is 5.75 Å².